The van der Waals surface area contributed by atoms with Gasteiger partial charge in [0.05, 0.1) is 16.3 Å². The molecule has 6 nitrogen and oxygen atoms in total. The number of hydrazone groups is 1. The maximum absolute atomic E-state index is 12.7. The Balaban J connectivity index is 2.22. The fourth-order valence-electron chi connectivity index (χ4n) is 2.67. The molecule has 8 heteroatoms. The molecule has 2 rings (SSSR count). The molecule has 1 aliphatic heterocycles. The molecule has 1 fully saturated rings. The van der Waals surface area contributed by atoms with Gasteiger partial charge >= 0.3 is 7.12 Å². The highest BCUT2D eigenvalue weighted by molar-refractivity contribution is 6.52. The monoisotopic (exact) mass is 399 g/mol. The highest BCUT2D eigenvalue weighted by atomic mass is 35.5. The number of nitrogens with one attached hydrogen (secondary N) is 1. The smallest absolute Gasteiger partial charge is 0.423 e. The normalized spacial score (nSPS) is 16.3. The van der Waals surface area contributed by atoms with Crippen LogP contribution in [0.5, 0.6) is 0 Å². The van der Waals surface area contributed by atoms with Crippen molar-refractivity contribution in [3.8, 4) is 0 Å². The van der Waals surface area contributed by atoms with Gasteiger partial charge in [0.1, 0.15) is 0 Å². The van der Waals surface area contributed by atoms with Crippen molar-refractivity contribution in [2.45, 2.75) is 19.8 Å². The minimum Gasteiger partial charge on any atom is -0.423 e. The SMILES string of the molecule is C=C/C=C(\C=C1/CCCOB1O)NC(=O)c1ccc(N(C=C)/N=C\C)cc1Cl. The van der Waals surface area contributed by atoms with Crippen LogP contribution >= 0.6 is 11.6 Å². The van der Waals surface area contributed by atoms with Gasteiger partial charge in [0.25, 0.3) is 5.91 Å². The van der Waals surface area contributed by atoms with Crippen molar-refractivity contribution in [1.29, 1.82) is 0 Å². The molecule has 1 aromatic rings. The van der Waals surface area contributed by atoms with Crippen LogP contribution in [-0.4, -0.2) is 30.9 Å². The highest BCUT2D eigenvalue weighted by Gasteiger charge is 2.24. The van der Waals surface area contributed by atoms with E-state index in [-0.39, 0.29) is 10.9 Å². The molecule has 146 valence electrons. The maximum atomic E-state index is 12.7. The number of nitrogens with zero attached hydrogens (tertiary/aromatic N) is 2. The molecular formula is C20H23BClN3O3. The van der Waals surface area contributed by atoms with E-state index in [0.29, 0.717) is 35.4 Å². The number of hydrogen-bond donors (Lipinski definition) is 2. The van der Waals surface area contributed by atoms with E-state index in [1.807, 2.05) is 0 Å². The Labute approximate surface area is 170 Å². The van der Waals surface area contributed by atoms with Gasteiger partial charge in [-0.05, 0) is 55.6 Å². The van der Waals surface area contributed by atoms with Crippen LogP contribution in [0.15, 0.2) is 72.1 Å². The molecule has 1 heterocycles. The second-order valence-corrected chi connectivity index (χ2v) is 6.33. The molecule has 2 N–H and O–H groups in total. The Morgan fingerprint density at radius 3 is 2.86 bits per heavy atom. The van der Waals surface area contributed by atoms with E-state index in [1.165, 1.54) is 0 Å². The number of anilines is 1. The summed E-state index contributed by atoms with van der Waals surface area (Å²) in [4.78, 5) is 12.7. The van der Waals surface area contributed by atoms with Crippen LogP contribution in [0.25, 0.3) is 0 Å². The van der Waals surface area contributed by atoms with Crippen LogP contribution in [0.1, 0.15) is 30.1 Å². The van der Waals surface area contributed by atoms with Crippen molar-refractivity contribution >= 4 is 36.5 Å². The highest BCUT2D eigenvalue weighted by Crippen LogP contribution is 2.25. The van der Waals surface area contributed by atoms with Gasteiger partial charge < -0.3 is 15.0 Å². The van der Waals surface area contributed by atoms with E-state index >= 15 is 0 Å². The summed E-state index contributed by atoms with van der Waals surface area (Å²) in [6.07, 6.45) is 9.56. The second kappa shape index (κ2) is 10.7. The van der Waals surface area contributed by atoms with Crippen LogP contribution in [-0.2, 0) is 4.65 Å². The van der Waals surface area contributed by atoms with Crippen LogP contribution in [0.4, 0.5) is 5.69 Å². The lowest BCUT2D eigenvalue weighted by molar-refractivity contribution is 0.0967. The minimum atomic E-state index is -0.967. The lowest BCUT2D eigenvalue weighted by Crippen LogP contribution is -2.28. The molecule has 1 aromatic carbocycles. The van der Waals surface area contributed by atoms with E-state index in [1.54, 1.807) is 60.8 Å². The topological polar surface area (TPSA) is 74.2 Å². The van der Waals surface area contributed by atoms with Crippen molar-refractivity contribution in [2.75, 3.05) is 11.6 Å². The van der Waals surface area contributed by atoms with Crippen LogP contribution in [0, 0.1) is 0 Å². The Hall–Kier alpha value is -2.61. The van der Waals surface area contributed by atoms with E-state index in [9.17, 15) is 9.82 Å². The number of benzene rings is 1. The third kappa shape index (κ3) is 5.69. The van der Waals surface area contributed by atoms with Crippen molar-refractivity contribution in [3.63, 3.8) is 0 Å². The number of carbonyl (C=O) groups is 1. The zero-order chi connectivity index (χ0) is 20.5. The Morgan fingerprint density at radius 1 is 1.46 bits per heavy atom. The average molecular weight is 400 g/mol. The van der Waals surface area contributed by atoms with Crippen molar-refractivity contribution in [3.05, 3.63) is 77.5 Å². The quantitative estimate of drug-likeness (QED) is 0.316. The van der Waals surface area contributed by atoms with Gasteiger partial charge in [0, 0.05) is 24.7 Å². The molecule has 1 aliphatic rings. The van der Waals surface area contributed by atoms with Gasteiger partial charge in [-0.1, -0.05) is 30.8 Å². The number of allylic oxidation sites excluding steroid dienone is 4. The van der Waals surface area contributed by atoms with Crippen molar-refractivity contribution in [1.82, 2.24) is 5.32 Å². The van der Waals surface area contributed by atoms with Crippen LogP contribution < -0.4 is 10.3 Å². The molecule has 0 atom stereocenters. The predicted octanol–water partition coefficient (Wildman–Crippen LogP) is 3.85. The van der Waals surface area contributed by atoms with E-state index in [0.717, 1.165) is 6.42 Å². The molecule has 0 aromatic heterocycles. The van der Waals surface area contributed by atoms with Gasteiger partial charge in [-0.25, -0.2) is 5.01 Å². The van der Waals surface area contributed by atoms with Crippen LogP contribution in [0.2, 0.25) is 5.02 Å². The second-order valence-electron chi connectivity index (χ2n) is 5.92. The molecule has 0 aliphatic carbocycles. The van der Waals surface area contributed by atoms with Gasteiger partial charge in [0.15, 0.2) is 0 Å². The van der Waals surface area contributed by atoms with Gasteiger partial charge in [0.2, 0.25) is 0 Å². The lowest BCUT2D eigenvalue weighted by atomic mass is 9.73. The summed E-state index contributed by atoms with van der Waals surface area (Å²) in [6.45, 7) is 9.66. The molecule has 0 spiro atoms. The standard InChI is InChI=1S/C20H23BClN3O3/c1-4-8-16(13-15-9-7-12-28-21(15)27)24-20(26)18-11-10-17(14-19(18)22)25(6-3)23-5-2/h4-6,8,10-11,13-14,27H,1,3,7,9,12H2,2H3,(H,24,26)/b15-13+,16-8+,23-5-. The number of carbonyl (C=O) groups excluding carboxylic acids is 1. The third-order valence-electron chi connectivity index (χ3n) is 3.97. The molecule has 0 bridgehead atoms. The summed E-state index contributed by atoms with van der Waals surface area (Å²) < 4.78 is 5.22. The Morgan fingerprint density at radius 2 is 2.25 bits per heavy atom. The number of rotatable bonds is 7. The summed E-state index contributed by atoms with van der Waals surface area (Å²) in [7, 11) is -0.967. The van der Waals surface area contributed by atoms with Crippen molar-refractivity contribution in [2.24, 2.45) is 5.10 Å². The predicted molar refractivity (Wildman–Crippen MR) is 115 cm³/mol. The molecule has 0 radical (unpaired) electrons. The fourth-order valence-corrected chi connectivity index (χ4v) is 2.93. The van der Waals surface area contributed by atoms with Gasteiger partial charge in [-0.2, -0.15) is 5.10 Å². The molecule has 0 unspecified atom stereocenters. The van der Waals surface area contributed by atoms with E-state index in [2.05, 4.69) is 23.6 Å². The zero-order valence-corrected chi connectivity index (χ0v) is 16.5. The number of halogens is 1. The summed E-state index contributed by atoms with van der Waals surface area (Å²) in [5, 5.41) is 18.7. The van der Waals surface area contributed by atoms with Crippen molar-refractivity contribution < 1.29 is 14.5 Å². The minimum absolute atomic E-state index is 0.278. The summed E-state index contributed by atoms with van der Waals surface area (Å²) in [5.74, 6) is -0.378. The third-order valence-corrected chi connectivity index (χ3v) is 4.29. The molecule has 1 saturated heterocycles. The first-order chi connectivity index (χ1) is 13.5. The zero-order valence-electron chi connectivity index (χ0n) is 15.8. The number of amides is 1. The first kappa shape index (κ1) is 21.7. The van der Waals surface area contributed by atoms with E-state index < -0.39 is 7.12 Å². The summed E-state index contributed by atoms with van der Waals surface area (Å²) in [6, 6.07) is 4.98. The Kier molecular flexibility index (Phi) is 8.26. The summed E-state index contributed by atoms with van der Waals surface area (Å²) in [5.41, 5.74) is 2.17. The van der Waals surface area contributed by atoms with Gasteiger partial charge in [-0.15, -0.1) is 0 Å². The number of hydrogen-bond acceptors (Lipinski definition) is 5. The lowest BCUT2D eigenvalue weighted by Gasteiger charge is -2.18. The van der Waals surface area contributed by atoms with E-state index in [4.69, 9.17) is 16.3 Å². The first-order valence-corrected chi connectivity index (χ1v) is 9.22. The maximum Gasteiger partial charge on any atom is 0.486 e. The fraction of sp³-hybridized carbons (Fsp3) is 0.200. The molecule has 0 saturated carbocycles. The Bertz CT molecular complexity index is 836. The summed E-state index contributed by atoms with van der Waals surface area (Å²) >= 11 is 6.31. The van der Waals surface area contributed by atoms with Gasteiger partial charge in [-0.3, -0.25) is 4.79 Å². The largest absolute Gasteiger partial charge is 0.486 e. The molecule has 1 amide bonds. The first-order valence-electron chi connectivity index (χ1n) is 8.84. The molecular weight excluding hydrogens is 377 g/mol. The van der Waals surface area contributed by atoms with Crippen LogP contribution in [0.3, 0.4) is 0 Å². The average Bonchev–Trinajstić information content (AvgIpc) is 2.67. The molecule has 28 heavy (non-hydrogen) atoms.